The summed E-state index contributed by atoms with van der Waals surface area (Å²) in [5, 5.41) is 12.7. The van der Waals surface area contributed by atoms with Gasteiger partial charge in [0.25, 0.3) is 0 Å². The Hall–Kier alpha value is -1.74. The lowest BCUT2D eigenvalue weighted by molar-refractivity contribution is -0.899. The summed E-state index contributed by atoms with van der Waals surface area (Å²) in [6.45, 7) is 0.388. The van der Waals surface area contributed by atoms with E-state index in [1.54, 1.807) is 0 Å². The van der Waals surface area contributed by atoms with Gasteiger partial charge in [-0.15, -0.1) is 11.3 Å². The summed E-state index contributed by atoms with van der Waals surface area (Å²) in [4.78, 5) is 18.5. The molecule has 1 aromatic carbocycles. The van der Waals surface area contributed by atoms with E-state index < -0.39 is 5.92 Å². The second-order valence-electron chi connectivity index (χ2n) is 6.96. The number of hydrogen-bond donors (Lipinski definition) is 1. The normalized spacial score (nSPS) is 17.4. The van der Waals surface area contributed by atoms with Crippen molar-refractivity contribution in [3.05, 3.63) is 39.7 Å². The van der Waals surface area contributed by atoms with Crippen LogP contribution in [0.5, 0.6) is 0 Å². The largest absolute Gasteiger partial charge is 0.329 e. The van der Waals surface area contributed by atoms with E-state index in [1.165, 1.54) is 48.3 Å². The Morgan fingerprint density at radius 1 is 1.35 bits per heavy atom. The summed E-state index contributed by atoms with van der Waals surface area (Å²) in [6, 6.07) is 10.1. The van der Waals surface area contributed by atoms with Crippen molar-refractivity contribution >= 4 is 28.7 Å². The molecule has 1 unspecified atom stereocenters. The molecule has 4 nitrogen and oxygen atoms in total. The van der Waals surface area contributed by atoms with Gasteiger partial charge >= 0.3 is 0 Å². The number of aromatic nitrogens is 1. The van der Waals surface area contributed by atoms with E-state index in [0.29, 0.717) is 22.6 Å². The maximum absolute atomic E-state index is 12.7. The molecular weight excluding hydrogens is 366 g/mol. The Labute approximate surface area is 163 Å². The number of Topliss-reactive ketones (excluding diaryl/α,β-unsaturated/α-hetero) is 1. The van der Waals surface area contributed by atoms with E-state index in [2.05, 4.69) is 18.1 Å². The third-order valence-corrected chi connectivity index (χ3v) is 6.28. The molecule has 0 spiro atoms. The molecule has 0 amide bonds. The number of nitrogens with zero attached hydrogens (tertiary/aromatic N) is 2. The van der Waals surface area contributed by atoms with Crippen molar-refractivity contribution in [1.29, 1.82) is 5.26 Å². The van der Waals surface area contributed by atoms with Crippen LogP contribution in [0.25, 0.3) is 11.3 Å². The molecule has 1 fully saturated rings. The molecule has 1 aliphatic carbocycles. The van der Waals surface area contributed by atoms with Gasteiger partial charge in [-0.3, -0.25) is 4.79 Å². The molecule has 136 valence electrons. The van der Waals surface area contributed by atoms with E-state index >= 15 is 0 Å². The number of quaternary nitrogens is 1. The number of thiazole rings is 1. The monoisotopic (exact) mass is 388 g/mol. The van der Waals surface area contributed by atoms with Crippen LogP contribution in [0.2, 0.25) is 5.02 Å². The third kappa shape index (κ3) is 4.50. The number of hydrogen-bond acceptors (Lipinski definition) is 4. The number of carbonyl (C=O) groups excluding carboxylic acids is 1. The van der Waals surface area contributed by atoms with Crippen molar-refractivity contribution in [2.75, 3.05) is 13.6 Å². The van der Waals surface area contributed by atoms with Crippen LogP contribution in [0.3, 0.4) is 0 Å². The van der Waals surface area contributed by atoms with Crippen LogP contribution < -0.4 is 4.90 Å². The number of nitriles is 1. The average Bonchev–Trinajstić information content (AvgIpc) is 3.13. The summed E-state index contributed by atoms with van der Waals surface area (Å²) in [7, 11) is 2.07. The zero-order valence-corrected chi connectivity index (χ0v) is 16.4. The number of halogens is 1. The number of nitrogens with one attached hydrogen (secondary N) is 1. The number of likely N-dealkylation sites (N-methyl/N-ethyl adjacent to an activating group) is 1. The predicted molar refractivity (Wildman–Crippen MR) is 105 cm³/mol. The first kappa shape index (κ1) is 19.0. The fourth-order valence-corrected chi connectivity index (χ4v) is 4.57. The Kier molecular flexibility index (Phi) is 6.42. The molecule has 2 aromatic rings. The molecule has 3 rings (SSSR count). The zero-order chi connectivity index (χ0) is 18.5. The van der Waals surface area contributed by atoms with Crippen LogP contribution in [0.1, 0.15) is 43.0 Å². The third-order valence-electron chi connectivity index (χ3n) is 5.12. The summed E-state index contributed by atoms with van der Waals surface area (Å²) in [6.07, 6.45) is 6.14. The lowest BCUT2D eigenvalue weighted by atomic mass is 9.94. The minimum atomic E-state index is -0.778. The zero-order valence-electron chi connectivity index (χ0n) is 14.9. The molecule has 0 aliphatic heterocycles. The fourth-order valence-electron chi connectivity index (χ4n) is 3.55. The second kappa shape index (κ2) is 8.77. The number of carbonyl (C=O) groups is 1. The summed E-state index contributed by atoms with van der Waals surface area (Å²) in [5.41, 5.74) is 1.72. The first-order valence-corrected chi connectivity index (χ1v) is 10.3. The topological polar surface area (TPSA) is 58.2 Å². The van der Waals surface area contributed by atoms with Gasteiger partial charge in [0.1, 0.15) is 11.6 Å². The van der Waals surface area contributed by atoms with E-state index in [0.717, 1.165) is 11.3 Å². The quantitative estimate of drug-likeness (QED) is 0.824. The summed E-state index contributed by atoms with van der Waals surface area (Å²) in [5.74, 6) is -0.813. The van der Waals surface area contributed by atoms with Crippen LogP contribution >= 0.6 is 22.9 Å². The van der Waals surface area contributed by atoms with Crippen molar-refractivity contribution in [3.8, 4) is 17.3 Å². The highest BCUT2D eigenvalue weighted by Crippen LogP contribution is 2.27. The number of ketones is 1. The van der Waals surface area contributed by atoms with Gasteiger partial charge in [0.05, 0.1) is 24.9 Å². The Morgan fingerprint density at radius 2 is 2.04 bits per heavy atom. The van der Waals surface area contributed by atoms with E-state index in [4.69, 9.17) is 11.6 Å². The predicted octanol–water partition coefficient (Wildman–Crippen LogP) is 3.49. The molecule has 2 atom stereocenters. The molecule has 0 saturated heterocycles. The van der Waals surface area contributed by atoms with Crippen molar-refractivity contribution in [2.45, 2.75) is 44.1 Å². The van der Waals surface area contributed by atoms with Gasteiger partial charge in [0.15, 0.2) is 5.92 Å². The molecule has 0 bridgehead atoms. The van der Waals surface area contributed by atoms with Gasteiger partial charge in [-0.2, -0.15) is 5.26 Å². The van der Waals surface area contributed by atoms with Crippen molar-refractivity contribution < 1.29 is 9.69 Å². The molecule has 6 heteroatoms. The van der Waals surface area contributed by atoms with E-state index in [-0.39, 0.29) is 5.78 Å². The van der Waals surface area contributed by atoms with E-state index in [1.807, 2.05) is 29.6 Å². The van der Waals surface area contributed by atoms with Crippen LogP contribution in [0.15, 0.2) is 29.6 Å². The minimum absolute atomic E-state index is 0.0346. The fraction of sp³-hybridized carbons (Fsp3) is 0.450. The summed E-state index contributed by atoms with van der Waals surface area (Å²) < 4.78 is 0. The van der Waals surface area contributed by atoms with Gasteiger partial charge in [-0.1, -0.05) is 30.2 Å². The Balaban J connectivity index is 1.69. The highest BCUT2D eigenvalue weighted by molar-refractivity contribution is 7.10. The second-order valence-corrected chi connectivity index (χ2v) is 8.29. The van der Waals surface area contributed by atoms with Crippen molar-refractivity contribution in [2.24, 2.45) is 0 Å². The van der Waals surface area contributed by atoms with Crippen LogP contribution in [0.4, 0.5) is 0 Å². The van der Waals surface area contributed by atoms with Crippen molar-refractivity contribution in [1.82, 2.24) is 4.98 Å². The molecular formula is C20H23ClN3OS+. The van der Waals surface area contributed by atoms with Crippen molar-refractivity contribution in [3.63, 3.8) is 0 Å². The maximum Gasteiger partial charge on any atom is 0.210 e. The molecule has 1 saturated carbocycles. The molecule has 0 radical (unpaired) electrons. The SMILES string of the molecule is C[NH+](CC(=O)[C@@H](C#N)c1nc(-c2ccc(Cl)cc2)cs1)C1CCCCC1. The molecule has 1 heterocycles. The van der Waals surface area contributed by atoms with Gasteiger partial charge in [-0.05, 0) is 37.8 Å². The smallest absolute Gasteiger partial charge is 0.210 e. The van der Waals surface area contributed by atoms with Crippen LogP contribution in [-0.2, 0) is 4.79 Å². The first-order valence-electron chi connectivity index (χ1n) is 9.04. The minimum Gasteiger partial charge on any atom is -0.329 e. The molecule has 26 heavy (non-hydrogen) atoms. The van der Waals surface area contributed by atoms with E-state index in [9.17, 15) is 10.1 Å². The van der Waals surface area contributed by atoms with Gasteiger partial charge < -0.3 is 4.90 Å². The van der Waals surface area contributed by atoms with Crippen LogP contribution in [-0.4, -0.2) is 30.4 Å². The highest BCUT2D eigenvalue weighted by Gasteiger charge is 2.29. The molecule has 1 N–H and O–H groups in total. The van der Waals surface area contributed by atoms with Gasteiger partial charge in [0.2, 0.25) is 5.78 Å². The number of rotatable bonds is 6. The average molecular weight is 389 g/mol. The highest BCUT2D eigenvalue weighted by atomic mass is 35.5. The molecule has 1 aliphatic rings. The standard InChI is InChI=1S/C20H22ClN3OS/c1-24(16-5-3-2-4-6-16)12-19(25)17(11-22)20-23-18(13-26-20)14-7-9-15(21)10-8-14/h7-10,13,16-17H,2-6,12H2,1H3/p+1/t17-/m1/s1. The van der Waals surface area contributed by atoms with Gasteiger partial charge in [0, 0.05) is 16.0 Å². The van der Waals surface area contributed by atoms with Crippen LogP contribution in [0, 0.1) is 11.3 Å². The lowest BCUT2D eigenvalue weighted by Gasteiger charge is -2.28. The van der Waals surface area contributed by atoms with Gasteiger partial charge in [-0.25, -0.2) is 4.98 Å². The summed E-state index contributed by atoms with van der Waals surface area (Å²) >= 11 is 7.30. The molecule has 1 aromatic heterocycles. The Bertz CT molecular complexity index is 790. The number of benzene rings is 1. The lowest BCUT2D eigenvalue weighted by Crippen LogP contribution is -3.14. The maximum atomic E-state index is 12.7. The first-order chi connectivity index (χ1) is 12.6. The Morgan fingerprint density at radius 3 is 2.69 bits per heavy atom.